The van der Waals surface area contributed by atoms with Crippen molar-refractivity contribution in [3.05, 3.63) is 16.6 Å². The van der Waals surface area contributed by atoms with Gasteiger partial charge in [-0.25, -0.2) is 4.98 Å². The van der Waals surface area contributed by atoms with Crippen molar-refractivity contribution < 1.29 is 4.79 Å². The molecule has 1 aliphatic rings. The fourth-order valence-corrected chi connectivity index (χ4v) is 2.93. The van der Waals surface area contributed by atoms with E-state index in [0.717, 1.165) is 25.7 Å². The normalized spacial score (nSPS) is 25.5. The van der Waals surface area contributed by atoms with E-state index in [1.165, 1.54) is 5.01 Å². The lowest BCUT2D eigenvalue weighted by molar-refractivity contribution is -0.124. The van der Waals surface area contributed by atoms with Crippen LogP contribution in [0.15, 0.2) is 11.6 Å². The molecular weight excluding hydrogens is 206 g/mol. The monoisotopic (exact) mass is 223 g/mol. The van der Waals surface area contributed by atoms with Crippen LogP contribution in [0.4, 0.5) is 0 Å². The van der Waals surface area contributed by atoms with Crippen LogP contribution in [0, 0.1) is 11.3 Å². The number of thiazole rings is 1. The molecule has 2 rings (SSSR count). The summed E-state index contributed by atoms with van der Waals surface area (Å²) in [6.07, 6.45) is 5.35. The van der Waals surface area contributed by atoms with Gasteiger partial charge in [0.1, 0.15) is 5.78 Å². The third kappa shape index (κ3) is 2.46. The number of hydrogen-bond donors (Lipinski definition) is 0. The quantitative estimate of drug-likeness (QED) is 0.771. The molecule has 0 aliphatic heterocycles. The summed E-state index contributed by atoms with van der Waals surface area (Å²) in [6.45, 7) is 4.55. The Morgan fingerprint density at radius 1 is 1.60 bits per heavy atom. The number of carbonyl (C=O) groups excluding carboxylic acids is 1. The Morgan fingerprint density at radius 3 is 3.07 bits per heavy atom. The van der Waals surface area contributed by atoms with E-state index in [-0.39, 0.29) is 0 Å². The van der Waals surface area contributed by atoms with Gasteiger partial charge in [0, 0.05) is 30.8 Å². The third-order valence-electron chi connectivity index (χ3n) is 3.53. The highest BCUT2D eigenvalue weighted by Crippen LogP contribution is 2.41. The highest BCUT2D eigenvalue weighted by molar-refractivity contribution is 7.09. The predicted molar refractivity (Wildman–Crippen MR) is 61.9 cm³/mol. The Morgan fingerprint density at radius 2 is 2.40 bits per heavy atom. The summed E-state index contributed by atoms with van der Waals surface area (Å²) in [5.74, 6) is 0.904. The summed E-state index contributed by atoms with van der Waals surface area (Å²) in [5, 5.41) is 3.18. The molecule has 82 valence electrons. The molecule has 0 radical (unpaired) electrons. The largest absolute Gasteiger partial charge is 0.300 e. The topological polar surface area (TPSA) is 30.0 Å². The summed E-state index contributed by atoms with van der Waals surface area (Å²) < 4.78 is 0. The second kappa shape index (κ2) is 4.05. The van der Waals surface area contributed by atoms with E-state index in [2.05, 4.69) is 18.8 Å². The van der Waals surface area contributed by atoms with Gasteiger partial charge in [0.05, 0.1) is 5.01 Å². The second-order valence-corrected chi connectivity index (χ2v) is 6.04. The van der Waals surface area contributed by atoms with E-state index >= 15 is 0 Å². The maximum absolute atomic E-state index is 11.5. The number of rotatable bonds is 2. The van der Waals surface area contributed by atoms with Crippen molar-refractivity contribution >= 4 is 17.1 Å². The standard InChI is InChI=1S/C12H17NOS/c1-12(2)4-3-10(14)7-9(12)8-11-13-5-6-15-11/h5-6,9H,3-4,7-8H2,1-2H3. The Hall–Kier alpha value is -0.700. The second-order valence-electron chi connectivity index (χ2n) is 5.06. The number of aromatic nitrogens is 1. The van der Waals surface area contributed by atoms with Crippen LogP contribution in [0.5, 0.6) is 0 Å². The maximum Gasteiger partial charge on any atom is 0.133 e. The Balaban J connectivity index is 2.08. The van der Waals surface area contributed by atoms with E-state index < -0.39 is 0 Å². The Bertz CT molecular complexity index is 343. The summed E-state index contributed by atoms with van der Waals surface area (Å²) in [7, 11) is 0. The fraction of sp³-hybridized carbons (Fsp3) is 0.667. The SMILES string of the molecule is CC1(C)CCC(=O)CC1Cc1nccs1. The molecule has 1 aromatic heterocycles. The minimum Gasteiger partial charge on any atom is -0.300 e. The summed E-state index contributed by atoms with van der Waals surface area (Å²) >= 11 is 1.70. The average Bonchev–Trinajstić information content (AvgIpc) is 2.65. The van der Waals surface area contributed by atoms with Crippen LogP contribution in [0.3, 0.4) is 0 Å². The lowest BCUT2D eigenvalue weighted by Crippen LogP contribution is -2.33. The van der Waals surface area contributed by atoms with Crippen LogP contribution >= 0.6 is 11.3 Å². The summed E-state index contributed by atoms with van der Waals surface area (Å²) in [4.78, 5) is 15.8. The first-order valence-corrected chi connectivity index (χ1v) is 6.36. The van der Waals surface area contributed by atoms with E-state index in [0.29, 0.717) is 17.1 Å². The zero-order chi connectivity index (χ0) is 10.9. The van der Waals surface area contributed by atoms with Gasteiger partial charge in [-0.1, -0.05) is 13.8 Å². The molecule has 15 heavy (non-hydrogen) atoms. The first kappa shape index (κ1) is 10.8. The van der Waals surface area contributed by atoms with Crippen LogP contribution in [0.1, 0.15) is 38.1 Å². The van der Waals surface area contributed by atoms with Crippen LogP contribution in [0.2, 0.25) is 0 Å². The highest BCUT2D eigenvalue weighted by atomic mass is 32.1. The fourth-order valence-electron chi connectivity index (χ4n) is 2.23. The Kier molecular flexibility index (Phi) is 2.91. The van der Waals surface area contributed by atoms with Gasteiger partial charge in [0.2, 0.25) is 0 Å². The molecule has 1 aliphatic carbocycles. The summed E-state index contributed by atoms with van der Waals surface area (Å²) in [6, 6.07) is 0. The number of Topliss-reactive ketones (excluding diaryl/α,β-unsaturated/α-hetero) is 1. The van der Waals surface area contributed by atoms with Crippen molar-refractivity contribution in [3.8, 4) is 0 Å². The zero-order valence-electron chi connectivity index (χ0n) is 9.32. The van der Waals surface area contributed by atoms with Gasteiger partial charge in [-0.05, 0) is 17.8 Å². The average molecular weight is 223 g/mol. The number of hydrogen-bond acceptors (Lipinski definition) is 3. The molecule has 3 heteroatoms. The molecule has 1 fully saturated rings. The number of carbonyl (C=O) groups is 1. The molecular formula is C12H17NOS. The molecule has 0 amide bonds. The smallest absolute Gasteiger partial charge is 0.133 e. The van der Waals surface area contributed by atoms with E-state index in [4.69, 9.17) is 0 Å². The van der Waals surface area contributed by atoms with Crippen molar-refractivity contribution in [2.75, 3.05) is 0 Å². The Labute approximate surface area is 94.7 Å². The molecule has 1 aromatic rings. The zero-order valence-corrected chi connectivity index (χ0v) is 10.1. The molecule has 1 heterocycles. The van der Waals surface area contributed by atoms with Crippen molar-refractivity contribution in [1.29, 1.82) is 0 Å². The number of ketones is 1. The predicted octanol–water partition coefficient (Wildman–Crippen LogP) is 3.08. The van der Waals surface area contributed by atoms with Crippen molar-refractivity contribution in [2.45, 2.75) is 39.5 Å². The van der Waals surface area contributed by atoms with Crippen LogP contribution < -0.4 is 0 Å². The first-order valence-electron chi connectivity index (χ1n) is 5.48. The molecule has 1 atom stereocenters. The van der Waals surface area contributed by atoms with Gasteiger partial charge in [0.25, 0.3) is 0 Å². The molecule has 0 bridgehead atoms. The van der Waals surface area contributed by atoms with Crippen molar-refractivity contribution in [2.24, 2.45) is 11.3 Å². The molecule has 2 nitrogen and oxygen atoms in total. The lowest BCUT2D eigenvalue weighted by atomic mass is 9.67. The molecule has 1 saturated carbocycles. The van der Waals surface area contributed by atoms with Crippen LogP contribution in [-0.2, 0) is 11.2 Å². The van der Waals surface area contributed by atoms with Crippen LogP contribution in [-0.4, -0.2) is 10.8 Å². The molecule has 0 spiro atoms. The first-order chi connectivity index (χ1) is 7.08. The van der Waals surface area contributed by atoms with Gasteiger partial charge in [0.15, 0.2) is 0 Å². The van der Waals surface area contributed by atoms with Gasteiger partial charge in [-0.3, -0.25) is 4.79 Å². The van der Waals surface area contributed by atoms with Crippen LogP contribution in [0.25, 0.3) is 0 Å². The molecule has 0 aromatic carbocycles. The van der Waals surface area contributed by atoms with E-state index in [9.17, 15) is 4.79 Å². The van der Waals surface area contributed by atoms with Crippen molar-refractivity contribution in [3.63, 3.8) is 0 Å². The van der Waals surface area contributed by atoms with E-state index in [1.807, 2.05) is 11.6 Å². The molecule has 0 saturated heterocycles. The lowest BCUT2D eigenvalue weighted by Gasteiger charge is -2.37. The van der Waals surface area contributed by atoms with Gasteiger partial charge in [-0.2, -0.15) is 0 Å². The molecule has 0 N–H and O–H groups in total. The van der Waals surface area contributed by atoms with Gasteiger partial charge in [-0.15, -0.1) is 11.3 Å². The number of nitrogens with zero attached hydrogens (tertiary/aromatic N) is 1. The maximum atomic E-state index is 11.5. The highest BCUT2D eigenvalue weighted by Gasteiger charge is 2.35. The summed E-state index contributed by atoms with van der Waals surface area (Å²) in [5.41, 5.74) is 0.291. The van der Waals surface area contributed by atoms with E-state index in [1.54, 1.807) is 11.3 Å². The van der Waals surface area contributed by atoms with Gasteiger partial charge >= 0.3 is 0 Å². The minimum atomic E-state index is 0.291. The minimum absolute atomic E-state index is 0.291. The third-order valence-corrected chi connectivity index (χ3v) is 4.33. The molecule has 1 unspecified atom stereocenters. The van der Waals surface area contributed by atoms with Crippen molar-refractivity contribution in [1.82, 2.24) is 4.98 Å². The van der Waals surface area contributed by atoms with Gasteiger partial charge < -0.3 is 0 Å².